The lowest BCUT2D eigenvalue weighted by Gasteiger charge is -2.14. The van der Waals surface area contributed by atoms with Crippen LogP contribution in [0.25, 0.3) is 10.9 Å². The van der Waals surface area contributed by atoms with Crippen LogP contribution in [-0.2, 0) is 6.54 Å². The first-order valence-corrected chi connectivity index (χ1v) is 9.39. The summed E-state index contributed by atoms with van der Waals surface area (Å²) in [6, 6.07) is 18.2. The summed E-state index contributed by atoms with van der Waals surface area (Å²) in [5.74, 6) is -0.280. The summed E-state index contributed by atoms with van der Waals surface area (Å²) in [5.41, 5.74) is 4.44. The van der Waals surface area contributed by atoms with Crippen LogP contribution in [0, 0.1) is 13.8 Å². The van der Waals surface area contributed by atoms with Gasteiger partial charge >= 0.3 is 0 Å². The topological polar surface area (TPSA) is 52.0 Å². The summed E-state index contributed by atoms with van der Waals surface area (Å²) >= 11 is 0. The highest BCUT2D eigenvalue weighted by atomic mass is 16.1. The fraction of sp³-hybridized carbons (Fsp3) is 0.125. The third kappa shape index (κ3) is 3.64. The number of carbonyl (C=O) groups excluding carboxylic acids is 1. The standard InChI is InChI=1S/C24H19BN2O2/c1-15-10-11-17(12-16(15)2)23(28)20-14-27(13-18-6-5-9-22(25)26-18)21-8-4-3-7-19(21)24(20)29/h3-12,14H,13H2,1-2H3. The van der Waals surface area contributed by atoms with Crippen LogP contribution in [-0.4, -0.2) is 23.2 Å². The van der Waals surface area contributed by atoms with Crippen molar-refractivity contribution in [2.45, 2.75) is 20.4 Å². The Morgan fingerprint density at radius 3 is 2.55 bits per heavy atom. The Labute approximate surface area is 170 Å². The van der Waals surface area contributed by atoms with Crippen molar-refractivity contribution in [2.75, 3.05) is 0 Å². The Bertz CT molecular complexity index is 1310. The van der Waals surface area contributed by atoms with Crippen LogP contribution in [0.1, 0.15) is 32.7 Å². The van der Waals surface area contributed by atoms with Crippen LogP contribution in [0.4, 0.5) is 0 Å². The van der Waals surface area contributed by atoms with E-state index in [1.54, 1.807) is 30.5 Å². The van der Waals surface area contributed by atoms with E-state index in [0.717, 1.165) is 22.3 Å². The number of rotatable bonds is 4. The van der Waals surface area contributed by atoms with Crippen molar-refractivity contribution in [3.8, 4) is 0 Å². The van der Waals surface area contributed by atoms with E-state index < -0.39 is 0 Å². The Balaban J connectivity index is 1.88. The second kappa shape index (κ2) is 7.51. The quantitative estimate of drug-likeness (QED) is 0.405. The fourth-order valence-corrected chi connectivity index (χ4v) is 3.44. The molecule has 0 N–H and O–H groups in total. The Morgan fingerprint density at radius 2 is 1.79 bits per heavy atom. The molecular formula is C24H19BN2O2. The number of hydrogen-bond donors (Lipinski definition) is 0. The third-order valence-corrected chi connectivity index (χ3v) is 5.16. The minimum Gasteiger partial charge on any atom is -0.340 e. The smallest absolute Gasteiger partial charge is 0.200 e. The zero-order chi connectivity index (χ0) is 20.5. The molecule has 2 radical (unpaired) electrons. The lowest BCUT2D eigenvalue weighted by molar-refractivity contribution is 0.103. The van der Waals surface area contributed by atoms with Gasteiger partial charge < -0.3 is 4.57 Å². The van der Waals surface area contributed by atoms with E-state index in [2.05, 4.69) is 4.98 Å². The van der Waals surface area contributed by atoms with Crippen molar-refractivity contribution in [1.29, 1.82) is 0 Å². The predicted octanol–water partition coefficient (Wildman–Crippen LogP) is 3.09. The average molecular weight is 378 g/mol. The van der Waals surface area contributed by atoms with Crippen molar-refractivity contribution in [1.82, 2.24) is 9.55 Å². The molecule has 0 atom stereocenters. The van der Waals surface area contributed by atoms with Crippen LogP contribution in [0.2, 0.25) is 0 Å². The van der Waals surface area contributed by atoms with E-state index in [1.807, 2.05) is 54.8 Å². The molecule has 0 saturated carbocycles. The van der Waals surface area contributed by atoms with Gasteiger partial charge in [0, 0.05) is 17.1 Å². The summed E-state index contributed by atoms with van der Waals surface area (Å²) in [4.78, 5) is 30.6. The average Bonchev–Trinajstić information content (AvgIpc) is 2.72. The van der Waals surface area contributed by atoms with Gasteiger partial charge in [-0.25, -0.2) is 0 Å². The van der Waals surface area contributed by atoms with Crippen molar-refractivity contribution in [3.05, 3.63) is 105 Å². The fourth-order valence-electron chi connectivity index (χ4n) is 3.44. The molecule has 4 rings (SSSR count). The van der Waals surface area contributed by atoms with Crippen LogP contribution in [0.3, 0.4) is 0 Å². The van der Waals surface area contributed by atoms with E-state index in [-0.39, 0.29) is 16.8 Å². The molecule has 140 valence electrons. The zero-order valence-electron chi connectivity index (χ0n) is 16.3. The number of carbonyl (C=O) groups is 1. The molecule has 0 aliphatic rings. The summed E-state index contributed by atoms with van der Waals surface area (Å²) in [6.45, 7) is 4.35. The van der Waals surface area contributed by atoms with Gasteiger partial charge in [0.2, 0.25) is 5.43 Å². The second-order valence-corrected chi connectivity index (χ2v) is 7.20. The van der Waals surface area contributed by atoms with Crippen molar-refractivity contribution >= 4 is 30.1 Å². The number of nitrogens with zero attached hydrogens (tertiary/aromatic N) is 2. The molecule has 0 aliphatic heterocycles. The van der Waals surface area contributed by atoms with Gasteiger partial charge in [-0.1, -0.05) is 36.4 Å². The highest BCUT2D eigenvalue weighted by Crippen LogP contribution is 2.17. The molecule has 29 heavy (non-hydrogen) atoms. The van der Waals surface area contributed by atoms with Gasteiger partial charge in [0.1, 0.15) is 7.85 Å². The van der Waals surface area contributed by atoms with Gasteiger partial charge in [0.05, 0.1) is 23.3 Å². The monoisotopic (exact) mass is 378 g/mol. The van der Waals surface area contributed by atoms with Gasteiger partial charge in [0.25, 0.3) is 0 Å². The molecule has 0 spiro atoms. The minimum absolute atomic E-state index is 0.149. The highest BCUT2D eigenvalue weighted by Gasteiger charge is 2.18. The number of hydrogen-bond acceptors (Lipinski definition) is 3. The molecule has 0 unspecified atom stereocenters. The predicted molar refractivity (Wildman–Crippen MR) is 116 cm³/mol. The molecule has 2 heterocycles. The number of aryl methyl sites for hydroxylation is 2. The molecule has 4 aromatic rings. The first-order chi connectivity index (χ1) is 13.9. The zero-order valence-corrected chi connectivity index (χ0v) is 16.3. The van der Waals surface area contributed by atoms with Gasteiger partial charge in [-0.05, 0) is 54.8 Å². The number of aromatic nitrogens is 2. The lowest BCUT2D eigenvalue weighted by atomic mass is 9.99. The van der Waals surface area contributed by atoms with Crippen LogP contribution in [0.5, 0.6) is 0 Å². The van der Waals surface area contributed by atoms with E-state index >= 15 is 0 Å². The first kappa shape index (κ1) is 18.9. The number of fused-ring (bicyclic) bond motifs is 1. The summed E-state index contributed by atoms with van der Waals surface area (Å²) in [6.07, 6.45) is 1.63. The number of para-hydroxylation sites is 1. The molecule has 5 heteroatoms. The Kier molecular flexibility index (Phi) is 4.89. The van der Waals surface area contributed by atoms with Crippen molar-refractivity contribution in [3.63, 3.8) is 0 Å². The molecule has 2 aromatic heterocycles. The first-order valence-electron chi connectivity index (χ1n) is 9.39. The molecule has 0 aliphatic carbocycles. The van der Waals surface area contributed by atoms with Gasteiger partial charge in [0.15, 0.2) is 5.78 Å². The van der Waals surface area contributed by atoms with Gasteiger partial charge in [-0.2, -0.15) is 0 Å². The normalized spacial score (nSPS) is 11.0. The number of benzene rings is 2. The van der Waals surface area contributed by atoms with Crippen LogP contribution in [0.15, 0.2) is 71.7 Å². The van der Waals surface area contributed by atoms with E-state index in [0.29, 0.717) is 23.1 Å². The van der Waals surface area contributed by atoms with E-state index in [9.17, 15) is 9.59 Å². The maximum atomic E-state index is 13.2. The molecule has 2 aromatic carbocycles. The van der Waals surface area contributed by atoms with E-state index in [1.165, 1.54) is 0 Å². The molecule has 0 saturated heterocycles. The summed E-state index contributed by atoms with van der Waals surface area (Å²) < 4.78 is 1.88. The second-order valence-electron chi connectivity index (χ2n) is 7.20. The summed E-state index contributed by atoms with van der Waals surface area (Å²) in [7, 11) is 5.80. The van der Waals surface area contributed by atoms with E-state index in [4.69, 9.17) is 7.85 Å². The minimum atomic E-state index is -0.280. The molecule has 0 fully saturated rings. The van der Waals surface area contributed by atoms with Crippen molar-refractivity contribution < 1.29 is 4.79 Å². The molecule has 0 amide bonds. The van der Waals surface area contributed by atoms with Crippen LogP contribution >= 0.6 is 0 Å². The molecule has 4 nitrogen and oxygen atoms in total. The largest absolute Gasteiger partial charge is 0.340 e. The highest BCUT2D eigenvalue weighted by molar-refractivity contribution is 6.30. The third-order valence-electron chi connectivity index (χ3n) is 5.16. The number of pyridine rings is 2. The van der Waals surface area contributed by atoms with Crippen LogP contribution < -0.4 is 11.0 Å². The van der Waals surface area contributed by atoms with Gasteiger partial charge in [-0.15, -0.1) is 0 Å². The Hall–Kier alpha value is -3.47. The maximum absolute atomic E-state index is 13.2. The Morgan fingerprint density at radius 1 is 1.00 bits per heavy atom. The lowest BCUT2D eigenvalue weighted by Crippen LogP contribution is -2.21. The summed E-state index contributed by atoms with van der Waals surface area (Å²) in [5, 5.41) is 0.506. The SMILES string of the molecule is [B]c1cccc(Cn2cc(C(=O)c3ccc(C)c(C)c3)c(=O)c3ccccc32)n1. The number of ketones is 1. The van der Waals surface area contributed by atoms with Gasteiger partial charge in [-0.3, -0.25) is 14.6 Å². The molecule has 0 bridgehead atoms. The molecular weight excluding hydrogens is 359 g/mol. The van der Waals surface area contributed by atoms with Crippen molar-refractivity contribution in [2.24, 2.45) is 0 Å². The maximum Gasteiger partial charge on any atom is 0.200 e.